The summed E-state index contributed by atoms with van der Waals surface area (Å²) in [5.41, 5.74) is 5.09. The van der Waals surface area contributed by atoms with Crippen molar-refractivity contribution in [2.24, 2.45) is 5.73 Å². The van der Waals surface area contributed by atoms with Crippen LogP contribution in [0.25, 0.3) is 0 Å². The molecule has 2 N–H and O–H groups in total. The largest absolute Gasteiger partial charge is 0.419 e. The Labute approximate surface area is 111 Å². The van der Waals surface area contributed by atoms with Crippen molar-refractivity contribution in [2.75, 3.05) is 0 Å². The Morgan fingerprint density at radius 2 is 1.84 bits per heavy atom. The molecular weight excluding hydrogens is 278 g/mol. The summed E-state index contributed by atoms with van der Waals surface area (Å²) in [6.07, 6.45) is -4.72. The molecule has 1 unspecified atom stereocenters. The minimum atomic E-state index is -4.72. The lowest BCUT2D eigenvalue weighted by molar-refractivity contribution is -0.140. The smallest absolute Gasteiger partial charge is 0.320 e. The SMILES string of the molecule is Cc1sccc1C(N)c1cccc(C(F)(F)F)c1F. The van der Waals surface area contributed by atoms with E-state index >= 15 is 0 Å². The topological polar surface area (TPSA) is 26.0 Å². The third-order valence-electron chi connectivity index (χ3n) is 2.90. The number of halogens is 4. The highest BCUT2D eigenvalue weighted by Crippen LogP contribution is 2.35. The van der Waals surface area contributed by atoms with Crippen molar-refractivity contribution in [1.82, 2.24) is 0 Å². The standard InChI is InChI=1S/C13H11F4NS/c1-7-8(5-6-19-7)12(18)9-3-2-4-10(11(9)14)13(15,16)17/h2-6,12H,18H2,1H3. The second-order valence-corrected chi connectivity index (χ2v) is 5.24. The Bertz CT molecular complexity index is 589. The molecule has 19 heavy (non-hydrogen) atoms. The van der Waals surface area contributed by atoms with E-state index in [1.165, 1.54) is 23.5 Å². The van der Waals surface area contributed by atoms with E-state index in [0.717, 1.165) is 4.88 Å². The van der Waals surface area contributed by atoms with Crippen molar-refractivity contribution in [3.63, 3.8) is 0 Å². The molecule has 1 aromatic heterocycles. The fourth-order valence-electron chi connectivity index (χ4n) is 1.89. The first kappa shape index (κ1) is 14.0. The molecular formula is C13H11F4NS. The van der Waals surface area contributed by atoms with Crippen LogP contribution < -0.4 is 5.73 Å². The first-order chi connectivity index (χ1) is 8.82. The summed E-state index contributed by atoms with van der Waals surface area (Å²) in [7, 11) is 0. The summed E-state index contributed by atoms with van der Waals surface area (Å²) in [5, 5.41) is 1.77. The maximum absolute atomic E-state index is 13.9. The molecule has 0 fully saturated rings. The zero-order valence-corrected chi connectivity index (χ0v) is 10.8. The van der Waals surface area contributed by atoms with Crippen LogP contribution in [-0.4, -0.2) is 0 Å². The Morgan fingerprint density at radius 1 is 1.16 bits per heavy atom. The van der Waals surface area contributed by atoms with E-state index in [1.54, 1.807) is 18.4 Å². The molecule has 1 atom stereocenters. The second kappa shape index (κ2) is 4.94. The van der Waals surface area contributed by atoms with E-state index in [2.05, 4.69) is 0 Å². The number of hydrogen-bond donors (Lipinski definition) is 1. The van der Waals surface area contributed by atoms with Crippen LogP contribution in [0.4, 0.5) is 17.6 Å². The highest BCUT2D eigenvalue weighted by molar-refractivity contribution is 7.10. The monoisotopic (exact) mass is 289 g/mol. The lowest BCUT2D eigenvalue weighted by Gasteiger charge is -2.16. The van der Waals surface area contributed by atoms with E-state index in [0.29, 0.717) is 11.6 Å². The number of nitrogens with two attached hydrogens (primary N) is 1. The molecule has 0 aliphatic carbocycles. The molecule has 1 heterocycles. The summed E-state index contributed by atoms with van der Waals surface area (Å²) in [4.78, 5) is 0.865. The normalized spacial score (nSPS) is 13.6. The zero-order valence-electron chi connectivity index (χ0n) is 9.96. The Kier molecular flexibility index (Phi) is 3.64. The van der Waals surface area contributed by atoms with Gasteiger partial charge in [0.05, 0.1) is 11.6 Å². The van der Waals surface area contributed by atoms with Crippen molar-refractivity contribution < 1.29 is 17.6 Å². The molecule has 0 aliphatic rings. The Hall–Kier alpha value is -1.40. The second-order valence-electron chi connectivity index (χ2n) is 4.12. The van der Waals surface area contributed by atoms with Crippen LogP contribution >= 0.6 is 11.3 Å². The van der Waals surface area contributed by atoms with Crippen LogP contribution in [0.2, 0.25) is 0 Å². The van der Waals surface area contributed by atoms with Gasteiger partial charge in [0.25, 0.3) is 0 Å². The van der Waals surface area contributed by atoms with Crippen molar-refractivity contribution in [3.8, 4) is 0 Å². The van der Waals surface area contributed by atoms with Crippen LogP contribution in [0.15, 0.2) is 29.6 Å². The van der Waals surface area contributed by atoms with Gasteiger partial charge in [0.1, 0.15) is 5.82 Å². The fraction of sp³-hybridized carbons (Fsp3) is 0.231. The third kappa shape index (κ3) is 2.64. The molecule has 0 saturated carbocycles. The van der Waals surface area contributed by atoms with Crippen molar-refractivity contribution in [3.05, 3.63) is 57.0 Å². The van der Waals surface area contributed by atoms with Crippen LogP contribution in [0, 0.1) is 12.7 Å². The van der Waals surface area contributed by atoms with Gasteiger partial charge in [0.2, 0.25) is 0 Å². The first-order valence-corrected chi connectivity index (χ1v) is 6.35. The molecule has 0 spiro atoms. The molecule has 0 aliphatic heterocycles. The predicted octanol–water partition coefficient (Wildman–Crippen LogP) is 4.26. The van der Waals surface area contributed by atoms with E-state index in [1.807, 2.05) is 0 Å². The summed E-state index contributed by atoms with van der Waals surface area (Å²) in [5.74, 6) is -1.30. The molecule has 0 radical (unpaired) electrons. The fourth-order valence-corrected chi connectivity index (χ4v) is 2.64. The van der Waals surface area contributed by atoms with E-state index in [4.69, 9.17) is 5.73 Å². The minimum Gasteiger partial charge on any atom is -0.320 e. The molecule has 102 valence electrons. The van der Waals surface area contributed by atoms with E-state index in [9.17, 15) is 17.6 Å². The maximum Gasteiger partial charge on any atom is 0.419 e. The molecule has 0 saturated heterocycles. The number of rotatable bonds is 2. The van der Waals surface area contributed by atoms with Crippen molar-refractivity contribution in [1.29, 1.82) is 0 Å². The van der Waals surface area contributed by atoms with Gasteiger partial charge in [-0.1, -0.05) is 12.1 Å². The quantitative estimate of drug-likeness (QED) is 0.821. The van der Waals surface area contributed by atoms with Crippen molar-refractivity contribution in [2.45, 2.75) is 19.1 Å². The van der Waals surface area contributed by atoms with Gasteiger partial charge in [-0.05, 0) is 30.0 Å². The number of hydrogen-bond acceptors (Lipinski definition) is 2. The van der Waals surface area contributed by atoms with Gasteiger partial charge in [-0.25, -0.2) is 4.39 Å². The lowest BCUT2D eigenvalue weighted by atomic mass is 9.97. The average Bonchev–Trinajstić information content (AvgIpc) is 2.73. The average molecular weight is 289 g/mol. The van der Waals surface area contributed by atoms with Crippen LogP contribution in [0.5, 0.6) is 0 Å². The first-order valence-electron chi connectivity index (χ1n) is 5.47. The summed E-state index contributed by atoms with van der Waals surface area (Å²) >= 11 is 1.42. The Balaban J connectivity index is 2.50. The van der Waals surface area contributed by atoms with Gasteiger partial charge in [0, 0.05) is 10.4 Å². The van der Waals surface area contributed by atoms with Gasteiger partial charge >= 0.3 is 6.18 Å². The summed E-state index contributed by atoms with van der Waals surface area (Å²) in [6.45, 7) is 1.80. The summed E-state index contributed by atoms with van der Waals surface area (Å²) in [6, 6.07) is 3.97. The number of alkyl halides is 3. The van der Waals surface area contributed by atoms with Gasteiger partial charge in [-0.2, -0.15) is 13.2 Å². The van der Waals surface area contributed by atoms with E-state index in [-0.39, 0.29) is 5.56 Å². The minimum absolute atomic E-state index is 0.142. The third-order valence-corrected chi connectivity index (χ3v) is 3.76. The molecule has 6 heteroatoms. The van der Waals surface area contributed by atoms with Crippen LogP contribution in [-0.2, 0) is 6.18 Å². The molecule has 1 aromatic carbocycles. The molecule has 0 amide bonds. The van der Waals surface area contributed by atoms with Crippen LogP contribution in [0.1, 0.15) is 27.6 Å². The number of benzene rings is 1. The zero-order chi connectivity index (χ0) is 14.2. The highest BCUT2D eigenvalue weighted by Gasteiger charge is 2.35. The predicted molar refractivity (Wildman–Crippen MR) is 66.5 cm³/mol. The van der Waals surface area contributed by atoms with Gasteiger partial charge in [-0.15, -0.1) is 11.3 Å². The lowest BCUT2D eigenvalue weighted by Crippen LogP contribution is -2.17. The molecule has 2 aromatic rings. The number of aryl methyl sites for hydroxylation is 1. The van der Waals surface area contributed by atoms with Gasteiger partial charge in [0.15, 0.2) is 0 Å². The maximum atomic E-state index is 13.9. The van der Waals surface area contributed by atoms with Gasteiger partial charge < -0.3 is 5.73 Å². The number of thiophene rings is 1. The van der Waals surface area contributed by atoms with Gasteiger partial charge in [-0.3, -0.25) is 0 Å². The molecule has 2 rings (SSSR count). The highest BCUT2D eigenvalue weighted by atomic mass is 32.1. The molecule has 0 bridgehead atoms. The van der Waals surface area contributed by atoms with Crippen molar-refractivity contribution >= 4 is 11.3 Å². The van der Waals surface area contributed by atoms with E-state index < -0.39 is 23.6 Å². The summed E-state index contributed by atoms with van der Waals surface area (Å²) < 4.78 is 51.9. The van der Waals surface area contributed by atoms with Crippen LogP contribution in [0.3, 0.4) is 0 Å². The molecule has 1 nitrogen and oxygen atoms in total. The Morgan fingerprint density at radius 3 is 2.37 bits per heavy atom.